The van der Waals surface area contributed by atoms with Crippen molar-refractivity contribution in [3.8, 4) is 11.1 Å². The molecule has 89 valence electrons. The predicted molar refractivity (Wildman–Crippen MR) is 67.8 cm³/mol. The summed E-state index contributed by atoms with van der Waals surface area (Å²) in [7, 11) is 0. The van der Waals surface area contributed by atoms with E-state index < -0.39 is 0 Å². The van der Waals surface area contributed by atoms with Gasteiger partial charge in [0.2, 0.25) is 0 Å². The predicted octanol–water partition coefficient (Wildman–Crippen LogP) is 3.79. The van der Waals surface area contributed by atoms with Crippen molar-refractivity contribution >= 4 is 0 Å². The smallest absolute Gasteiger partial charge is 0.0270 e. The molecule has 0 unspecified atom stereocenters. The molecule has 0 saturated carbocycles. The summed E-state index contributed by atoms with van der Waals surface area (Å²) in [6, 6.07) is 10.8. The van der Waals surface area contributed by atoms with Crippen molar-refractivity contribution < 1.29 is 32.7 Å². The molecule has 0 N–H and O–H groups in total. The van der Waals surface area contributed by atoms with E-state index in [0.717, 1.165) is 11.1 Å². The van der Waals surface area contributed by atoms with Gasteiger partial charge in [0.05, 0.1) is 0 Å². The number of rotatable bonds is 1. The summed E-state index contributed by atoms with van der Waals surface area (Å²) in [6.07, 6.45) is 6.03. The monoisotopic (exact) mass is 303 g/mol. The molecule has 0 aliphatic rings. The fourth-order valence-corrected chi connectivity index (χ4v) is 0.959. The standard InChI is InChI=1S/C10H6N2.2C2H6.Y/c1-2-4-9(5-3-1)10-6-11-8-12-7-10;2*1-2;/h1-4,6,8H;2*1-2H3;/q-2;;;. The first kappa shape index (κ1) is 18.8. The molecule has 1 aromatic carbocycles. The van der Waals surface area contributed by atoms with Gasteiger partial charge in [-0.15, -0.1) is 6.07 Å². The first-order valence-corrected chi connectivity index (χ1v) is 5.61. The first-order valence-electron chi connectivity index (χ1n) is 5.61. The van der Waals surface area contributed by atoms with E-state index in [0.29, 0.717) is 0 Å². The fraction of sp³-hybridized carbons (Fsp3) is 0.286. The molecule has 0 saturated heterocycles. The van der Waals surface area contributed by atoms with Crippen LogP contribution in [0.4, 0.5) is 0 Å². The quantitative estimate of drug-likeness (QED) is 0.749. The molecule has 3 heteroatoms. The summed E-state index contributed by atoms with van der Waals surface area (Å²) in [6.45, 7) is 8.00. The van der Waals surface area contributed by atoms with Crippen molar-refractivity contribution in [1.29, 1.82) is 0 Å². The third kappa shape index (κ3) is 7.35. The van der Waals surface area contributed by atoms with Gasteiger partial charge in [0, 0.05) is 39.0 Å². The molecule has 0 atom stereocenters. The Labute approximate surface area is 130 Å². The molecule has 0 amide bonds. The topological polar surface area (TPSA) is 25.8 Å². The molecule has 0 aliphatic heterocycles. The summed E-state index contributed by atoms with van der Waals surface area (Å²) in [5.41, 5.74) is 1.84. The van der Waals surface area contributed by atoms with Gasteiger partial charge in [0.15, 0.2) is 0 Å². The van der Waals surface area contributed by atoms with E-state index in [1.807, 2.05) is 52.0 Å². The van der Waals surface area contributed by atoms with Crippen molar-refractivity contribution in [1.82, 2.24) is 9.97 Å². The Morgan fingerprint density at radius 3 is 2.18 bits per heavy atom. The number of aromatic nitrogens is 2. The van der Waals surface area contributed by atoms with Gasteiger partial charge in [0.1, 0.15) is 0 Å². The number of benzene rings is 1. The first-order chi connectivity index (χ1) is 7.97. The molecule has 0 spiro atoms. The van der Waals surface area contributed by atoms with Crippen LogP contribution in [0.2, 0.25) is 0 Å². The third-order valence-corrected chi connectivity index (χ3v) is 1.51. The molecule has 2 rings (SSSR count). The Balaban J connectivity index is 0. The second-order valence-corrected chi connectivity index (χ2v) is 2.32. The van der Waals surface area contributed by atoms with E-state index in [9.17, 15) is 0 Å². The molecule has 0 fully saturated rings. The van der Waals surface area contributed by atoms with E-state index in [1.54, 1.807) is 6.20 Å². The summed E-state index contributed by atoms with van der Waals surface area (Å²) in [4.78, 5) is 7.70. The maximum Gasteiger partial charge on any atom is 0.0270 e. The molecule has 1 heterocycles. The van der Waals surface area contributed by atoms with Crippen molar-refractivity contribution in [3.63, 3.8) is 0 Å². The molecule has 2 nitrogen and oxygen atoms in total. The van der Waals surface area contributed by atoms with Gasteiger partial charge in [0.25, 0.3) is 0 Å². The second kappa shape index (κ2) is 13.5. The summed E-state index contributed by atoms with van der Waals surface area (Å²) in [5, 5.41) is 0. The van der Waals surface area contributed by atoms with Crippen LogP contribution in [0.15, 0.2) is 36.8 Å². The molecular formula is C14H18N2Y-2. The van der Waals surface area contributed by atoms with Crippen molar-refractivity contribution in [2.24, 2.45) is 0 Å². The van der Waals surface area contributed by atoms with Crippen LogP contribution < -0.4 is 0 Å². The van der Waals surface area contributed by atoms with E-state index in [4.69, 9.17) is 0 Å². The summed E-state index contributed by atoms with van der Waals surface area (Å²) in [5.74, 6) is 0. The average molecular weight is 303 g/mol. The van der Waals surface area contributed by atoms with E-state index in [-0.39, 0.29) is 32.7 Å². The van der Waals surface area contributed by atoms with Gasteiger partial charge in [-0.05, 0) is 0 Å². The Hall–Kier alpha value is -0.596. The van der Waals surface area contributed by atoms with Crippen LogP contribution in [0, 0.1) is 12.3 Å². The van der Waals surface area contributed by atoms with Gasteiger partial charge >= 0.3 is 0 Å². The van der Waals surface area contributed by atoms with Crippen LogP contribution in [0.3, 0.4) is 0 Å². The maximum atomic E-state index is 3.90. The van der Waals surface area contributed by atoms with Crippen LogP contribution in [-0.2, 0) is 32.7 Å². The Morgan fingerprint density at radius 2 is 1.71 bits per heavy atom. The zero-order valence-electron chi connectivity index (χ0n) is 10.9. The largest absolute Gasteiger partial charge is 0.352 e. The van der Waals surface area contributed by atoms with Gasteiger partial charge in [-0.1, -0.05) is 40.1 Å². The fourth-order valence-electron chi connectivity index (χ4n) is 0.959. The molecule has 1 aromatic heterocycles. The van der Waals surface area contributed by atoms with Crippen molar-refractivity contribution in [3.05, 3.63) is 49.1 Å². The number of hydrogen-bond acceptors (Lipinski definition) is 2. The van der Waals surface area contributed by atoms with Crippen LogP contribution in [0.5, 0.6) is 0 Å². The van der Waals surface area contributed by atoms with Crippen molar-refractivity contribution in [2.45, 2.75) is 27.7 Å². The second-order valence-electron chi connectivity index (χ2n) is 2.32. The van der Waals surface area contributed by atoms with Gasteiger partial charge in [-0.25, -0.2) is 5.56 Å². The Bertz CT molecular complexity index is 312. The Morgan fingerprint density at radius 1 is 1.00 bits per heavy atom. The summed E-state index contributed by atoms with van der Waals surface area (Å²) >= 11 is 0. The summed E-state index contributed by atoms with van der Waals surface area (Å²) < 4.78 is 0. The van der Waals surface area contributed by atoms with Crippen LogP contribution >= 0.6 is 0 Å². The maximum absolute atomic E-state index is 3.90. The van der Waals surface area contributed by atoms with E-state index >= 15 is 0 Å². The van der Waals surface area contributed by atoms with Gasteiger partial charge < -0.3 is 9.97 Å². The average Bonchev–Trinajstić information content (AvgIpc) is 2.45. The van der Waals surface area contributed by atoms with E-state index in [1.165, 1.54) is 6.33 Å². The molecule has 0 bridgehead atoms. The molecule has 0 aliphatic carbocycles. The minimum Gasteiger partial charge on any atom is -0.352 e. The molecule has 2 aromatic rings. The molecular weight excluding hydrogens is 285 g/mol. The Kier molecular flexibility index (Phi) is 14.9. The zero-order valence-corrected chi connectivity index (χ0v) is 13.8. The van der Waals surface area contributed by atoms with Crippen LogP contribution in [0.1, 0.15) is 27.7 Å². The van der Waals surface area contributed by atoms with Crippen LogP contribution in [0.25, 0.3) is 11.1 Å². The van der Waals surface area contributed by atoms with Crippen molar-refractivity contribution in [2.75, 3.05) is 0 Å². The van der Waals surface area contributed by atoms with E-state index in [2.05, 4.69) is 22.2 Å². The normalized spacial score (nSPS) is 7.53. The van der Waals surface area contributed by atoms with Crippen LogP contribution in [-0.4, -0.2) is 9.97 Å². The minimum absolute atomic E-state index is 0. The molecule has 17 heavy (non-hydrogen) atoms. The van der Waals surface area contributed by atoms with Gasteiger partial charge in [-0.2, -0.15) is 29.8 Å². The number of nitrogens with zero attached hydrogens (tertiary/aromatic N) is 2. The molecule has 1 radical (unpaired) electrons. The zero-order chi connectivity index (χ0) is 12.2. The SMILES string of the molecule is CC.CC.[Y].[c-]1ccccc1-c1[c-]ncnc1. The third-order valence-electron chi connectivity index (χ3n) is 1.51. The minimum atomic E-state index is 0. The number of hydrogen-bond donors (Lipinski definition) is 0. The van der Waals surface area contributed by atoms with Gasteiger partial charge in [-0.3, -0.25) is 0 Å².